The van der Waals surface area contributed by atoms with Crippen LogP contribution in [-0.2, 0) is 15.3 Å². The van der Waals surface area contributed by atoms with Crippen LogP contribution in [-0.4, -0.2) is 6.88 Å². The van der Waals surface area contributed by atoms with Gasteiger partial charge in [0.05, 0.1) is 0 Å². The molecule has 0 fully saturated rings. The Labute approximate surface area is 185 Å². The Balaban J connectivity index is 2.10. The Morgan fingerprint density at radius 3 is 1.72 bits per heavy atom. The van der Waals surface area contributed by atoms with Crippen molar-refractivity contribution in [3.8, 4) is 11.5 Å². The van der Waals surface area contributed by atoms with Gasteiger partial charge in [-0.2, -0.15) is 0 Å². The zero-order valence-electron chi connectivity index (χ0n) is 19.1. The third-order valence-corrected chi connectivity index (χ3v) is 34.2. The van der Waals surface area contributed by atoms with Gasteiger partial charge in [0.15, 0.2) is 0 Å². The van der Waals surface area contributed by atoms with Gasteiger partial charge in [0.1, 0.15) is 0 Å². The predicted octanol–water partition coefficient (Wildman–Crippen LogP) is 7.13. The normalized spacial score (nSPS) is 19.5. The summed E-state index contributed by atoms with van der Waals surface area (Å²) in [6, 6.07) is 12.2. The van der Waals surface area contributed by atoms with Crippen molar-refractivity contribution < 1.29 is 29.7 Å². The van der Waals surface area contributed by atoms with Crippen molar-refractivity contribution in [2.75, 3.05) is 0 Å². The second kappa shape index (κ2) is 6.51. The van der Waals surface area contributed by atoms with E-state index in [1.165, 1.54) is 29.8 Å². The van der Waals surface area contributed by atoms with Crippen LogP contribution in [0.25, 0.3) is 0 Å². The third kappa shape index (κ3) is 3.43. The summed E-state index contributed by atoms with van der Waals surface area (Å²) >= 11 is -6.09. The van der Waals surface area contributed by atoms with Gasteiger partial charge < -0.3 is 0 Å². The molecule has 0 bridgehead atoms. The average Bonchev–Trinajstić information content (AvgIpc) is 3.37. The summed E-state index contributed by atoms with van der Waals surface area (Å²) in [5, 5.41) is 0. The Bertz CT molecular complexity index is 1310. The standard InChI is InChI=1S/C7H9.2C6H5FO.C5H5.2CH3.H2Si.Zr/c1-6-3-4-7(2)5-6;2*7-5-1-3-6(8)4-2-5;1-2-4-5-3-1;;;;/h5H,3H2,1-2H3;2*1-4,8H;1-3H,4H2;2*1H3;1H2;/q;;;;;;;+2/p-2. The predicted molar refractivity (Wildman–Crippen MR) is 127 cm³/mol. The first-order valence-corrected chi connectivity index (χ1v) is 26.2. The average molecular weight is 532 g/mol. The van der Waals surface area contributed by atoms with Crippen LogP contribution in [0, 0.1) is 11.6 Å². The second-order valence-electron chi connectivity index (χ2n) is 11.0. The molecule has 0 aliphatic heterocycles. The Kier molecular flexibility index (Phi) is 4.71. The Hall–Kier alpha value is -2.04. The summed E-state index contributed by atoms with van der Waals surface area (Å²) < 4.78 is 48.6. The fourth-order valence-electron chi connectivity index (χ4n) is 5.71. The molecular formula is C26H30F2O2SiZr. The third-order valence-electron chi connectivity index (χ3n) is 7.38. The van der Waals surface area contributed by atoms with Crippen molar-refractivity contribution >= 4 is 6.88 Å². The van der Waals surface area contributed by atoms with Crippen molar-refractivity contribution in [2.24, 2.45) is 0 Å². The minimum atomic E-state index is -6.09. The molecule has 2 aliphatic rings. The van der Waals surface area contributed by atoms with Crippen LogP contribution in [0.3, 0.4) is 0 Å². The van der Waals surface area contributed by atoms with E-state index in [4.69, 9.17) is 5.63 Å². The first-order valence-electron chi connectivity index (χ1n) is 10.9. The van der Waals surface area contributed by atoms with Crippen LogP contribution in [0.1, 0.15) is 26.7 Å². The molecule has 2 aromatic carbocycles. The van der Waals surface area contributed by atoms with Crippen LogP contribution in [0.4, 0.5) is 8.78 Å². The van der Waals surface area contributed by atoms with E-state index in [-0.39, 0.29) is 11.6 Å². The van der Waals surface area contributed by atoms with Gasteiger partial charge in [-0.1, -0.05) is 0 Å². The van der Waals surface area contributed by atoms with E-state index < -0.39 is 15.3 Å². The van der Waals surface area contributed by atoms with Gasteiger partial charge in [-0.05, 0) is 0 Å². The molecule has 168 valence electrons. The van der Waals surface area contributed by atoms with Crippen LogP contribution in [0.15, 0.2) is 90.5 Å². The van der Waals surface area contributed by atoms with E-state index in [1.54, 1.807) is 24.3 Å². The first kappa shape index (κ1) is 23.1. The number of hydrogen-bond acceptors (Lipinski definition) is 2. The zero-order chi connectivity index (χ0) is 23.3. The molecule has 0 saturated heterocycles. The fraction of sp³-hybridized carbons (Fsp3) is 0.231. The van der Waals surface area contributed by atoms with Crippen LogP contribution in [0.2, 0.25) is 9.26 Å². The molecule has 2 nitrogen and oxygen atoms in total. The zero-order valence-corrected chi connectivity index (χ0v) is 23.0. The summed E-state index contributed by atoms with van der Waals surface area (Å²) in [5.41, 5.74) is 2.36. The van der Waals surface area contributed by atoms with E-state index in [2.05, 4.69) is 41.3 Å². The Morgan fingerprint density at radius 2 is 1.34 bits per heavy atom. The molecule has 4 rings (SSSR count). The van der Waals surface area contributed by atoms with E-state index in [9.17, 15) is 8.78 Å². The SMILES string of the molecule is CC1=CC(C)=[C]([Zr]([CH3])([CH3])(=[SiH2])([O]c2ccc(F)cc2)([O]c2ccc(F)cc2)[C]2=CC=CC2)C1. The molecule has 32 heavy (non-hydrogen) atoms. The molecule has 2 aliphatic carbocycles. The molecule has 0 heterocycles. The molecule has 0 N–H and O–H groups in total. The molecule has 0 atom stereocenters. The molecule has 0 radical (unpaired) electrons. The first-order chi connectivity index (χ1) is 14.8. The van der Waals surface area contributed by atoms with Gasteiger partial charge in [-0.15, -0.1) is 0 Å². The number of benzene rings is 2. The molecule has 0 spiro atoms. The van der Waals surface area contributed by atoms with E-state index in [0.717, 1.165) is 18.6 Å². The van der Waals surface area contributed by atoms with E-state index in [1.807, 2.05) is 13.0 Å². The summed E-state index contributed by atoms with van der Waals surface area (Å²) in [6.45, 7) is 6.04. The quantitative estimate of drug-likeness (QED) is 0.369. The van der Waals surface area contributed by atoms with Crippen LogP contribution < -0.4 is 5.63 Å². The van der Waals surface area contributed by atoms with Crippen molar-refractivity contribution in [3.63, 3.8) is 0 Å². The molecule has 6 heteroatoms. The maximum atomic E-state index is 13.8. The fourth-order valence-corrected chi connectivity index (χ4v) is 30.1. The van der Waals surface area contributed by atoms with E-state index >= 15 is 0 Å². The molecule has 0 unspecified atom stereocenters. The summed E-state index contributed by atoms with van der Waals surface area (Å²) in [6.07, 6.45) is 9.86. The Morgan fingerprint density at radius 1 is 0.844 bits per heavy atom. The number of hydrogen-bond donors (Lipinski definition) is 0. The van der Waals surface area contributed by atoms with E-state index in [0.29, 0.717) is 17.9 Å². The van der Waals surface area contributed by atoms with Crippen molar-refractivity contribution in [1.82, 2.24) is 0 Å². The number of rotatable bonds is 6. The summed E-state index contributed by atoms with van der Waals surface area (Å²) in [5.74, 6) is 0.448. The van der Waals surface area contributed by atoms with Gasteiger partial charge in [0.2, 0.25) is 0 Å². The second-order valence-corrected chi connectivity index (χ2v) is 52.1. The molecule has 0 aromatic heterocycles. The molecule has 2 aromatic rings. The van der Waals surface area contributed by atoms with Crippen LogP contribution >= 0.6 is 0 Å². The van der Waals surface area contributed by atoms with Crippen molar-refractivity contribution in [3.05, 3.63) is 102 Å². The molecule has 0 saturated carbocycles. The molecule has 0 amide bonds. The summed E-state index contributed by atoms with van der Waals surface area (Å²) in [4.78, 5) is 0. The van der Waals surface area contributed by atoms with Gasteiger partial charge in [0.25, 0.3) is 0 Å². The monoisotopic (exact) mass is 530 g/mol. The van der Waals surface area contributed by atoms with Gasteiger partial charge in [-0.25, -0.2) is 0 Å². The van der Waals surface area contributed by atoms with Crippen molar-refractivity contribution in [1.29, 1.82) is 0 Å². The maximum absolute atomic E-state index is 13.8. The summed E-state index contributed by atoms with van der Waals surface area (Å²) in [7, 11) is 0. The topological polar surface area (TPSA) is 18.5 Å². The van der Waals surface area contributed by atoms with Gasteiger partial charge in [-0.3, -0.25) is 0 Å². The van der Waals surface area contributed by atoms with Gasteiger partial charge >= 0.3 is 186 Å². The van der Waals surface area contributed by atoms with Crippen molar-refractivity contribution in [2.45, 2.75) is 36.0 Å². The van der Waals surface area contributed by atoms with Crippen LogP contribution in [0.5, 0.6) is 11.5 Å². The number of allylic oxidation sites excluding steroid dienone is 8. The minimum absolute atomic E-state index is 0.325. The molecular weight excluding hydrogens is 502 g/mol. The number of halogens is 2. The van der Waals surface area contributed by atoms with Gasteiger partial charge in [0, 0.05) is 0 Å².